The minimum absolute atomic E-state index is 0.0596. The van der Waals surface area contributed by atoms with Crippen LogP contribution in [0.15, 0.2) is 0 Å². The monoisotopic (exact) mass is 308 g/mol. The molecule has 1 amide bonds. The zero-order valence-corrected chi connectivity index (χ0v) is 13.2. The number of hydrogen-bond donors (Lipinski definition) is 1. The van der Waals surface area contributed by atoms with Crippen molar-refractivity contribution in [1.29, 1.82) is 0 Å². The lowest BCUT2D eigenvalue weighted by molar-refractivity contribution is -0.144. The molecule has 0 aromatic carbocycles. The Morgan fingerprint density at radius 2 is 1.85 bits per heavy atom. The Morgan fingerprint density at radius 3 is 2.35 bits per heavy atom. The number of carbonyl (C=O) groups is 2. The summed E-state index contributed by atoms with van der Waals surface area (Å²) >= 11 is 0. The van der Waals surface area contributed by atoms with E-state index in [9.17, 15) is 18.0 Å². The van der Waals surface area contributed by atoms with Crippen LogP contribution in [0.1, 0.15) is 33.1 Å². The first-order valence-electron chi connectivity index (χ1n) is 6.68. The molecule has 0 atom stereocenters. The van der Waals surface area contributed by atoms with E-state index in [0.29, 0.717) is 32.7 Å². The standard InChI is InChI=1S/C12H24N2O5S/c1-4-14(20(3,17)18)10-6-9-13-11(15)7-8-12(16)19-5-2/h4-10H2,1-3H3,(H,13,15). The zero-order chi connectivity index (χ0) is 15.6. The first-order valence-corrected chi connectivity index (χ1v) is 8.53. The number of rotatable bonds is 10. The van der Waals surface area contributed by atoms with E-state index in [1.54, 1.807) is 13.8 Å². The number of sulfonamides is 1. The van der Waals surface area contributed by atoms with Crippen molar-refractivity contribution in [2.45, 2.75) is 33.1 Å². The first-order chi connectivity index (χ1) is 9.31. The molecule has 0 fully saturated rings. The van der Waals surface area contributed by atoms with Gasteiger partial charge in [-0.25, -0.2) is 12.7 Å². The molecule has 7 nitrogen and oxygen atoms in total. The number of esters is 1. The highest BCUT2D eigenvalue weighted by Crippen LogP contribution is 1.98. The van der Waals surface area contributed by atoms with Crippen LogP contribution in [0.3, 0.4) is 0 Å². The van der Waals surface area contributed by atoms with Gasteiger partial charge in [-0.1, -0.05) is 6.92 Å². The maximum atomic E-state index is 11.4. The van der Waals surface area contributed by atoms with Crippen LogP contribution in [0.4, 0.5) is 0 Å². The van der Waals surface area contributed by atoms with Crippen molar-refractivity contribution in [3.05, 3.63) is 0 Å². The maximum Gasteiger partial charge on any atom is 0.306 e. The molecule has 0 aliphatic carbocycles. The third kappa shape index (κ3) is 8.87. The number of amides is 1. The van der Waals surface area contributed by atoms with Crippen molar-refractivity contribution in [1.82, 2.24) is 9.62 Å². The van der Waals surface area contributed by atoms with Gasteiger partial charge in [0.15, 0.2) is 0 Å². The van der Waals surface area contributed by atoms with Gasteiger partial charge in [0, 0.05) is 26.1 Å². The van der Waals surface area contributed by atoms with Crippen LogP contribution in [0, 0.1) is 0 Å². The molecule has 0 aromatic heterocycles. The topological polar surface area (TPSA) is 92.8 Å². The molecule has 0 aromatic rings. The Hall–Kier alpha value is -1.15. The van der Waals surface area contributed by atoms with E-state index in [-0.39, 0.29) is 18.7 Å². The maximum absolute atomic E-state index is 11.4. The van der Waals surface area contributed by atoms with Crippen LogP contribution in [0.2, 0.25) is 0 Å². The SMILES string of the molecule is CCOC(=O)CCC(=O)NCCCN(CC)S(C)(=O)=O. The van der Waals surface area contributed by atoms with Gasteiger partial charge < -0.3 is 10.1 Å². The van der Waals surface area contributed by atoms with Gasteiger partial charge in [-0.15, -0.1) is 0 Å². The minimum Gasteiger partial charge on any atom is -0.466 e. The summed E-state index contributed by atoms with van der Waals surface area (Å²) in [6, 6.07) is 0. The molecule has 1 N–H and O–H groups in total. The van der Waals surface area contributed by atoms with Gasteiger partial charge in [0.1, 0.15) is 0 Å². The van der Waals surface area contributed by atoms with E-state index in [0.717, 1.165) is 6.26 Å². The van der Waals surface area contributed by atoms with Crippen molar-refractivity contribution in [2.24, 2.45) is 0 Å². The summed E-state index contributed by atoms with van der Waals surface area (Å²) in [5, 5.41) is 2.64. The van der Waals surface area contributed by atoms with E-state index < -0.39 is 16.0 Å². The Labute approximate surface area is 120 Å². The molecule has 118 valence electrons. The minimum atomic E-state index is -3.18. The van der Waals surface area contributed by atoms with Crippen LogP contribution < -0.4 is 5.32 Å². The molecule has 20 heavy (non-hydrogen) atoms. The Kier molecular flexibility index (Phi) is 9.15. The molecular weight excluding hydrogens is 284 g/mol. The van der Waals surface area contributed by atoms with Gasteiger partial charge in [-0.3, -0.25) is 9.59 Å². The fraction of sp³-hybridized carbons (Fsp3) is 0.833. The molecule has 0 rings (SSSR count). The zero-order valence-electron chi connectivity index (χ0n) is 12.3. The third-order valence-electron chi connectivity index (χ3n) is 2.59. The van der Waals surface area contributed by atoms with Crippen molar-refractivity contribution in [2.75, 3.05) is 32.5 Å². The Morgan fingerprint density at radius 1 is 1.20 bits per heavy atom. The average Bonchev–Trinajstić information content (AvgIpc) is 2.35. The fourth-order valence-corrected chi connectivity index (χ4v) is 2.51. The highest BCUT2D eigenvalue weighted by Gasteiger charge is 2.13. The second kappa shape index (κ2) is 9.71. The molecule has 0 saturated heterocycles. The molecule has 0 spiro atoms. The summed E-state index contributed by atoms with van der Waals surface area (Å²) in [5.41, 5.74) is 0. The Bertz CT molecular complexity index is 408. The first kappa shape index (κ1) is 18.9. The van der Waals surface area contributed by atoms with Crippen LogP contribution in [0.25, 0.3) is 0 Å². The average molecular weight is 308 g/mol. The summed E-state index contributed by atoms with van der Waals surface area (Å²) in [6.07, 6.45) is 1.84. The van der Waals surface area contributed by atoms with Crippen molar-refractivity contribution in [3.8, 4) is 0 Å². The molecule has 0 unspecified atom stereocenters. The normalized spacial score (nSPS) is 11.4. The van der Waals surface area contributed by atoms with Crippen LogP contribution in [0.5, 0.6) is 0 Å². The smallest absolute Gasteiger partial charge is 0.306 e. The summed E-state index contributed by atoms with van der Waals surface area (Å²) in [7, 11) is -3.18. The number of nitrogens with one attached hydrogen (secondary N) is 1. The van der Waals surface area contributed by atoms with E-state index >= 15 is 0 Å². The molecule has 0 aliphatic heterocycles. The molecule has 0 heterocycles. The van der Waals surface area contributed by atoms with Crippen LogP contribution in [-0.2, 0) is 24.3 Å². The largest absolute Gasteiger partial charge is 0.466 e. The van der Waals surface area contributed by atoms with Gasteiger partial charge in [0.25, 0.3) is 0 Å². The lowest BCUT2D eigenvalue weighted by Gasteiger charge is -2.17. The van der Waals surface area contributed by atoms with E-state index in [1.165, 1.54) is 4.31 Å². The number of ether oxygens (including phenoxy) is 1. The van der Waals surface area contributed by atoms with E-state index in [1.807, 2.05) is 0 Å². The third-order valence-corrected chi connectivity index (χ3v) is 3.97. The summed E-state index contributed by atoms with van der Waals surface area (Å²) in [6.45, 7) is 4.94. The van der Waals surface area contributed by atoms with E-state index in [2.05, 4.69) is 5.32 Å². The Balaban J connectivity index is 3.79. The van der Waals surface area contributed by atoms with Gasteiger partial charge in [-0.2, -0.15) is 0 Å². The number of nitrogens with zero attached hydrogens (tertiary/aromatic N) is 1. The van der Waals surface area contributed by atoms with Crippen molar-refractivity contribution >= 4 is 21.9 Å². The molecule has 0 aliphatic rings. The summed E-state index contributed by atoms with van der Waals surface area (Å²) < 4.78 is 28.7. The summed E-state index contributed by atoms with van der Waals surface area (Å²) in [5.74, 6) is -0.627. The number of carbonyl (C=O) groups excluding carboxylic acids is 2. The van der Waals surface area contributed by atoms with Crippen LogP contribution in [-0.4, -0.2) is 57.1 Å². The highest BCUT2D eigenvalue weighted by atomic mass is 32.2. The second-order valence-corrected chi connectivity index (χ2v) is 6.25. The van der Waals surface area contributed by atoms with Crippen LogP contribution >= 0.6 is 0 Å². The predicted octanol–water partition coefficient (Wildman–Crippen LogP) is 0.118. The van der Waals surface area contributed by atoms with Gasteiger partial charge >= 0.3 is 5.97 Å². The molecule has 0 bridgehead atoms. The highest BCUT2D eigenvalue weighted by molar-refractivity contribution is 7.88. The molecule has 0 radical (unpaired) electrons. The van der Waals surface area contributed by atoms with Crippen molar-refractivity contribution < 1.29 is 22.7 Å². The molecular formula is C12H24N2O5S. The number of hydrogen-bond acceptors (Lipinski definition) is 5. The lowest BCUT2D eigenvalue weighted by Crippen LogP contribution is -2.33. The molecule has 8 heteroatoms. The quantitative estimate of drug-likeness (QED) is 0.457. The fourth-order valence-electron chi connectivity index (χ4n) is 1.58. The second-order valence-electron chi connectivity index (χ2n) is 4.26. The van der Waals surface area contributed by atoms with Gasteiger partial charge in [-0.05, 0) is 13.3 Å². The molecule has 0 saturated carbocycles. The van der Waals surface area contributed by atoms with Gasteiger partial charge in [0.05, 0.1) is 19.3 Å². The van der Waals surface area contributed by atoms with Gasteiger partial charge in [0.2, 0.25) is 15.9 Å². The predicted molar refractivity (Wildman–Crippen MR) is 75.6 cm³/mol. The van der Waals surface area contributed by atoms with Crippen molar-refractivity contribution in [3.63, 3.8) is 0 Å². The lowest BCUT2D eigenvalue weighted by atomic mass is 10.3. The summed E-state index contributed by atoms with van der Waals surface area (Å²) in [4.78, 5) is 22.5. The van der Waals surface area contributed by atoms with E-state index in [4.69, 9.17) is 4.74 Å².